The zero-order valence-electron chi connectivity index (χ0n) is 13.7. The van der Waals surface area contributed by atoms with Crippen molar-refractivity contribution in [3.63, 3.8) is 0 Å². The van der Waals surface area contributed by atoms with E-state index in [2.05, 4.69) is 4.90 Å². The van der Waals surface area contributed by atoms with Crippen molar-refractivity contribution in [2.45, 2.75) is 32.6 Å². The number of rotatable bonds is 6. The Hall–Kier alpha value is -1.27. The summed E-state index contributed by atoms with van der Waals surface area (Å²) in [4.78, 5) is 2.32. The summed E-state index contributed by atoms with van der Waals surface area (Å²) in [6.07, 6.45) is 3.99. The number of ether oxygens (including phenoxy) is 1. The zero-order valence-corrected chi connectivity index (χ0v) is 14.5. The molecule has 5 nitrogen and oxygen atoms in total. The summed E-state index contributed by atoms with van der Waals surface area (Å²) in [7, 11) is -3.55. The van der Waals surface area contributed by atoms with Crippen LogP contribution >= 0.6 is 0 Å². The fourth-order valence-electron chi connectivity index (χ4n) is 3.20. The minimum atomic E-state index is -3.55. The van der Waals surface area contributed by atoms with Crippen LogP contribution in [0, 0.1) is 12.8 Å². The molecule has 2 aliphatic heterocycles. The van der Waals surface area contributed by atoms with E-state index in [0.717, 1.165) is 37.4 Å². The smallest absolute Gasteiger partial charge is 0.309 e. The Kier molecular flexibility index (Phi) is 5.11. The second kappa shape index (κ2) is 7.09. The fourth-order valence-corrected chi connectivity index (χ4v) is 4.37. The van der Waals surface area contributed by atoms with E-state index in [1.54, 1.807) is 6.07 Å². The molecule has 0 saturated carbocycles. The SMILES string of the molecule is Cc1cc(N2CCCC2)ccc1OS(=O)(=O)CCC1CCOC1. The molecule has 6 heteroatoms. The average Bonchev–Trinajstić information content (AvgIpc) is 3.20. The van der Waals surface area contributed by atoms with E-state index in [1.165, 1.54) is 12.8 Å². The summed E-state index contributed by atoms with van der Waals surface area (Å²) >= 11 is 0. The van der Waals surface area contributed by atoms with Crippen LogP contribution in [0.1, 0.15) is 31.2 Å². The van der Waals surface area contributed by atoms with Crippen molar-refractivity contribution >= 4 is 15.8 Å². The Morgan fingerprint density at radius 2 is 2.09 bits per heavy atom. The van der Waals surface area contributed by atoms with Crippen molar-refractivity contribution in [3.8, 4) is 5.75 Å². The van der Waals surface area contributed by atoms with E-state index < -0.39 is 10.1 Å². The van der Waals surface area contributed by atoms with Gasteiger partial charge < -0.3 is 13.8 Å². The summed E-state index contributed by atoms with van der Waals surface area (Å²) in [6.45, 7) is 5.44. The standard InChI is InChI=1S/C17H25NO4S/c1-14-12-16(18-8-2-3-9-18)4-5-17(14)22-23(19,20)11-7-15-6-10-21-13-15/h4-5,12,15H,2-3,6-11,13H2,1H3. The van der Waals surface area contributed by atoms with Crippen molar-refractivity contribution in [2.24, 2.45) is 5.92 Å². The number of aryl methyl sites for hydroxylation is 1. The topological polar surface area (TPSA) is 55.8 Å². The van der Waals surface area contributed by atoms with Gasteiger partial charge in [0.05, 0.1) is 5.75 Å². The lowest BCUT2D eigenvalue weighted by Gasteiger charge is -2.19. The molecule has 0 amide bonds. The van der Waals surface area contributed by atoms with Gasteiger partial charge in [-0.25, -0.2) is 0 Å². The van der Waals surface area contributed by atoms with Crippen LogP contribution in [0.4, 0.5) is 5.69 Å². The van der Waals surface area contributed by atoms with Gasteiger partial charge in [0.25, 0.3) is 0 Å². The Balaban J connectivity index is 1.61. The maximum Gasteiger partial charge on any atom is 0.309 e. The number of hydrogen-bond acceptors (Lipinski definition) is 5. The van der Waals surface area contributed by atoms with Crippen molar-refractivity contribution in [3.05, 3.63) is 23.8 Å². The maximum atomic E-state index is 12.2. The van der Waals surface area contributed by atoms with Crippen LogP contribution in [0.15, 0.2) is 18.2 Å². The molecular formula is C17H25NO4S. The molecule has 0 radical (unpaired) electrons. The number of hydrogen-bond donors (Lipinski definition) is 0. The molecule has 2 aliphatic rings. The largest absolute Gasteiger partial charge is 0.382 e. The first-order valence-corrected chi connectivity index (χ1v) is 9.97. The number of benzene rings is 1. The molecule has 0 aromatic heterocycles. The molecule has 2 saturated heterocycles. The predicted octanol–water partition coefficient (Wildman–Crippen LogP) is 2.73. The Morgan fingerprint density at radius 1 is 1.30 bits per heavy atom. The molecule has 1 aromatic carbocycles. The minimum Gasteiger partial charge on any atom is -0.382 e. The van der Waals surface area contributed by atoms with Crippen LogP contribution < -0.4 is 9.08 Å². The highest BCUT2D eigenvalue weighted by Crippen LogP contribution is 2.28. The van der Waals surface area contributed by atoms with Crippen molar-refractivity contribution in [1.29, 1.82) is 0 Å². The van der Waals surface area contributed by atoms with Crippen LogP contribution in [-0.2, 0) is 14.9 Å². The molecule has 23 heavy (non-hydrogen) atoms. The van der Waals surface area contributed by atoms with Crippen LogP contribution in [-0.4, -0.2) is 40.5 Å². The lowest BCUT2D eigenvalue weighted by molar-refractivity contribution is 0.185. The normalized spacial score (nSPS) is 21.8. The van der Waals surface area contributed by atoms with Gasteiger partial charge in [-0.2, -0.15) is 8.42 Å². The molecule has 0 spiro atoms. The fraction of sp³-hybridized carbons (Fsp3) is 0.647. The van der Waals surface area contributed by atoms with E-state index in [-0.39, 0.29) is 5.75 Å². The second-order valence-electron chi connectivity index (χ2n) is 6.51. The highest BCUT2D eigenvalue weighted by Gasteiger charge is 2.21. The van der Waals surface area contributed by atoms with Gasteiger partial charge in [0.1, 0.15) is 5.75 Å². The average molecular weight is 339 g/mol. The second-order valence-corrected chi connectivity index (χ2v) is 8.20. The van der Waals surface area contributed by atoms with E-state index >= 15 is 0 Å². The summed E-state index contributed by atoms with van der Waals surface area (Å²) in [5.41, 5.74) is 2.01. The summed E-state index contributed by atoms with van der Waals surface area (Å²) < 4.78 is 35.0. The van der Waals surface area contributed by atoms with Gasteiger partial charge in [-0.05, 0) is 62.3 Å². The van der Waals surface area contributed by atoms with Gasteiger partial charge in [-0.15, -0.1) is 0 Å². The van der Waals surface area contributed by atoms with E-state index in [4.69, 9.17) is 8.92 Å². The van der Waals surface area contributed by atoms with E-state index in [9.17, 15) is 8.42 Å². The highest BCUT2D eigenvalue weighted by molar-refractivity contribution is 7.87. The summed E-state index contributed by atoms with van der Waals surface area (Å²) in [5, 5.41) is 0. The van der Waals surface area contributed by atoms with Crippen molar-refractivity contribution < 1.29 is 17.3 Å². The van der Waals surface area contributed by atoms with Crippen LogP contribution in [0.3, 0.4) is 0 Å². The minimum absolute atomic E-state index is 0.0499. The van der Waals surface area contributed by atoms with Gasteiger partial charge >= 0.3 is 10.1 Å². The quantitative estimate of drug-likeness (QED) is 0.746. The molecule has 0 bridgehead atoms. The molecule has 2 fully saturated rings. The van der Waals surface area contributed by atoms with Gasteiger partial charge in [0, 0.05) is 32.0 Å². The third-order valence-electron chi connectivity index (χ3n) is 4.65. The number of nitrogens with zero attached hydrogens (tertiary/aromatic N) is 1. The summed E-state index contributed by atoms with van der Waals surface area (Å²) in [6, 6.07) is 5.74. The maximum absolute atomic E-state index is 12.2. The molecule has 2 heterocycles. The molecule has 0 N–H and O–H groups in total. The van der Waals surface area contributed by atoms with E-state index in [0.29, 0.717) is 24.7 Å². The number of anilines is 1. The molecule has 128 valence electrons. The van der Waals surface area contributed by atoms with Gasteiger partial charge in [-0.3, -0.25) is 0 Å². The molecule has 3 rings (SSSR count). The Labute approximate surface area is 138 Å². The molecular weight excluding hydrogens is 314 g/mol. The van der Waals surface area contributed by atoms with E-state index in [1.807, 2.05) is 19.1 Å². The molecule has 1 atom stereocenters. The highest BCUT2D eigenvalue weighted by atomic mass is 32.2. The molecule has 1 aromatic rings. The first-order valence-electron chi connectivity index (χ1n) is 8.39. The summed E-state index contributed by atoms with van der Waals surface area (Å²) in [5.74, 6) is 0.830. The van der Waals surface area contributed by atoms with Crippen LogP contribution in [0.2, 0.25) is 0 Å². The predicted molar refractivity (Wildman–Crippen MR) is 90.6 cm³/mol. The lowest BCUT2D eigenvalue weighted by atomic mass is 10.1. The van der Waals surface area contributed by atoms with Gasteiger partial charge in [0.15, 0.2) is 0 Å². The Morgan fingerprint density at radius 3 is 2.74 bits per heavy atom. The monoisotopic (exact) mass is 339 g/mol. The first-order chi connectivity index (χ1) is 11.0. The van der Waals surface area contributed by atoms with Crippen molar-refractivity contribution in [2.75, 3.05) is 37.0 Å². The zero-order chi connectivity index (χ0) is 16.3. The van der Waals surface area contributed by atoms with Crippen molar-refractivity contribution in [1.82, 2.24) is 0 Å². The van der Waals surface area contributed by atoms with Crippen LogP contribution in [0.25, 0.3) is 0 Å². The molecule has 0 aliphatic carbocycles. The molecule has 1 unspecified atom stereocenters. The third kappa shape index (κ3) is 4.38. The van der Waals surface area contributed by atoms with Crippen LogP contribution in [0.5, 0.6) is 5.75 Å². The third-order valence-corrected chi connectivity index (χ3v) is 5.82. The lowest BCUT2D eigenvalue weighted by Crippen LogP contribution is -2.19. The first kappa shape index (κ1) is 16.6. The van der Waals surface area contributed by atoms with Gasteiger partial charge in [0.2, 0.25) is 0 Å². The van der Waals surface area contributed by atoms with Gasteiger partial charge in [-0.1, -0.05) is 0 Å². The Bertz CT molecular complexity index is 632.